The van der Waals surface area contributed by atoms with E-state index in [0.717, 1.165) is 43.1 Å². The van der Waals surface area contributed by atoms with E-state index in [1.54, 1.807) is 19.9 Å². The molecule has 1 aliphatic rings. The predicted octanol–water partition coefficient (Wildman–Crippen LogP) is 4.22. The molecule has 36 heavy (non-hydrogen) atoms. The zero-order valence-electron chi connectivity index (χ0n) is 21.8. The third-order valence-electron chi connectivity index (χ3n) is 4.81. The van der Waals surface area contributed by atoms with Crippen molar-refractivity contribution in [1.29, 1.82) is 0 Å². The topological polar surface area (TPSA) is 163 Å². The van der Waals surface area contributed by atoms with Crippen LogP contribution >= 0.6 is 11.8 Å². The normalized spacial score (nSPS) is 15.8. The number of nitrogens with zero attached hydrogens (tertiary/aromatic N) is 2. The lowest BCUT2D eigenvalue weighted by Gasteiger charge is -2.24. The summed E-state index contributed by atoms with van der Waals surface area (Å²) >= 11 is 0.926. The van der Waals surface area contributed by atoms with Crippen molar-refractivity contribution in [2.45, 2.75) is 66.8 Å². The predicted molar refractivity (Wildman–Crippen MR) is 135 cm³/mol. The molecule has 2 atom stereocenters. The Hall–Kier alpha value is -3.09. The van der Waals surface area contributed by atoms with Gasteiger partial charge in [0.05, 0.1) is 6.61 Å². The Kier molecular flexibility index (Phi) is 20.7. The van der Waals surface area contributed by atoms with Gasteiger partial charge in [0.15, 0.2) is 0 Å². The molecule has 12 nitrogen and oxygen atoms in total. The molecular formula is C23H38N2O10S. The SMILES string of the molecule is CC/C(C)=C\C=C(/C)C(=O)OCOC(=O)SC[C@@H](C)C(=O)N1CCC[C@H]1C.CCO[N+](=O)[O-].O=CO. The monoisotopic (exact) mass is 534 g/mol. The minimum Gasteiger partial charge on any atom is -0.483 e. The molecule has 206 valence electrons. The second kappa shape index (κ2) is 21.2. The van der Waals surface area contributed by atoms with Crippen LogP contribution in [-0.2, 0) is 28.7 Å². The van der Waals surface area contributed by atoms with E-state index in [1.807, 2.05) is 38.7 Å². The summed E-state index contributed by atoms with van der Waals surface area (Å²) in [4.78, 5) is 59.1. The molecule has 0 aliphatic carbocycles. The first kappa shape index (κ1) is 35.1. The lowest BCUT2D eigenvalue weighted by Crippen LogP contribution is -2.38. The largest absolute Gasteiger partial charge is 0.483 e. The number of hydrogen-bond acceptors (Lipinski definition) is 10. The van der Waals surface area contributed by atoms with Crippen LogP contribution < -0.4 is 0 Å². The summed E-state index contributed by atoms with van der Waals surface area (Å²) in [7, 11) is 0. The van der Waals surface area contributed by atoms with E-state index in [-0.39, 0.29) is 30.9 Å². The molecule has 0 radical (unpaired) electrons. The Morgan fingerprint density at radius 3 is 2.28 bits per heavy atom. The van der Waals surface area contributed by atoms with E-state index in [9.17, 15) is 24.5 Å². The van der Waals surface area contributed by atoms with Crippen LogP contribution in [0.5, 0.6) is 0 Å². The van der Waals surface area contributed by atoms with Gasteiger partial charge in [-0.25, -0.2) is 9.59 Å². The first-order chi connectivity index (χ1) is 16.9. The average Bonchev–Trinajstić information content (AvgIpc) is 3.26. The molecule has 0 saturated carbocycles. The molecule has 0 aromatic rings. The zero-order valence-corrected chi connectivity index (χ0v) is 22.6. The molecule has 0 aromatic carbocycles. The van der Waals surface area contributed by atoms with Crippen molar-refractivity contribution in [2.75, 3.05) is 25.7 Å². The molecule has 1 rings (SSSR count). The van der Waals surface area contributed by atoms with Crippen LogP contribution in [0.3, 0.4) is 0 Å². The molecule has 0 aromatic heterocycles. The van der Waals surface area contributed by atoms with Gasteiger partial charge in [-0.1, -0.05) is 31.6 Å². The minimum absolute atomic E-state index is 0.0721. The van der Waals surface area contributed by atoms with E-state index in [2.05, 4.69) is 4.84 Å². The summed E-state index contributed by atoms with van der Waals surface area (Å²) < 4.78 is 9.82. The number of rotatable bonds is 10. The van der Waals surface area contributed by atoms with Gasteiger partial charge in [-0.3, -0.25) is 9.59 Å². The van der Waals surface area contributed by atoms with Crippen molar-refractivity contribution in [1.82, 2.24) is 4.90 Å². The first-order valence-corrected chi connectivity index (χ1v) is 12.4. The number of esters is 1. The molecule has 1 heterocycles. The highest BCUT2D eigenvalue weighted by molar-refractivity contribution is 8.13. The number of carboxylic acid groups (broad SMARTS) is 1. The van der Waals surface area contributed by atoms with Gasteiger partial charge in [-0.05, 0) is 58.7 Å². The molecule has 1 N–H and O–H groups in total. The van der Waals surface area contributed by atoms with Gasteiger partial charge < -0.3 is 24.3 Å². The van der Waals surface area contributed by atoms with Gasteiger partial charge in [0.25, 0.3) is 11.6 Å². The molecule has 1 saturated heterocycles. The molecule has 0 spiro atoms. The Morgan fingerprint density at radius 2 is 1.83 bits per heavy atom. The summed E-state index contributed by atoms with van der Waals surface area (Å²) in [5, 5.41) is 14.7. The summed E-state index contributed by atoms with van der Waals surface area (Å²) in [5.74, 6) is -0.374. The number of carbonyl (C=O) groups excluding carboxylic acids is 3. The van der Waals surface area contributed by atoms with Gasteiger partial charge in [-0.2, -0.15) is 0 Å². The van der Waals surface area contributed by atoms with Crippen molar-refractivity contribution in [2.24, 2.45) is 5.92 Å². The number of amides is 1. The fourth-order valence-electron chi connectivity index (χ4n) is 2.65. The van der Waals surface area contributed by atoms with E-state index >= 15 is 0 Å². The maximum Gasteiger partial charge on any atom is 0.370 e. The van der Waals surface area contributed by atoms with Crippen molar-refractivity contribution in [3.8, 4) is 0 Å². The molecule has 0 unspecified atom stereocenters. The molecule has 1 aliphatic heterocycles. The van der Waals surface area contributed by atoms with E-state index in [0.29, 0.717) is 11.3 Å². The standard InChI is InChI=1S/C20H31NO5S.C2H5NO3.CH2O2/c1-6-14(2)9-10-15(3)19(23)25-13-26-20(24)27-12-16(4)18(22)21-11-7-8-17(21)5;1-2-6-3(4)5;2-1-3/h9-10,16-17H,6-8,11-13H2,1-5H3;2H2,1H3;1H,(H,2,3)/b14-9-,15-10+;;/t16-,17-;;/m1../s1. The van der Waals surface area contributed by atoms with Crippen LogP contribution in [0.15, 0.2) is 23.3 Å². The molecule has 1 amide bonds. The van der Waals surface area contributed by atoms with E-state index < -0.39 is 23.2 Å². The van der Waals surface area contributed by atoms with E-state index in [4.69, 9.17) is 19.4 Å². The molecule has 1 fully saturated rings. The fourth-order valence-corrected chi connectivity index (χ4v) is 3.31. The highest BCUT2D eigenvalue weighted by Gasteiger charge is 2.28. The fraction of sp³-hybridized carbons (Fsp3) is 0.652. The number of thioether (sulfide) groups is 1. The minimum atomic E-state index is -0.819. The molecular weight excluding hydrogens is 496 g/mol. The third-order valence-corrected chi connectivity index (χ3v) is 5.83. The summed E-state index contributed by atoms with van der Waals surface area (Å²) in [5.41, 5.74) is 1.59. The first-order valence-electron chi connectivity index (χ1n) is 11.4. The quantitative estimate of drug-likeness (QED) is 0.0811. The van der Waals surface area contributed by atoms with Gasteiger partial charge in [0.2, 0.25) is 12.7 Å². The highest BCUT2D eigenvalue weighted by atomic mass is 32.2. The third kappa shape index (κ3) is 17.4. The lowest BCUT2D eigenvalue weighted by atomic mass is 10.1. The molecule has 13 heteroatoms. The van der Waals surface area contributed by atoms with Gasteiger partial charge in [0.1, 0.15) is 0 Å². The van der Waals surface area contributed by atoms with Crippen LogP contribution in [0.1, 0.15) is 60.8 Å². The van der Waals surface area contributed by atoms with Crippen LogP contribution in [0.4, 0.5) is 4.79 Å². The van der Waals surface area contributed by atoms with Crippen LogP contribution in [0.25, 0.3) is 0 Å². The average molecular weight is 535 g/mol. The maximum atomic E-state index is 12.4. The van der Waals surface area contributed by atoms with Crippen molar-refractivity contribution >= 4 is 35.4 Å². The van der Waals surface area contributed by atoms with Crippen molar-refractivity contribution in [3.05, 3.63) is 33.4 Å². The molecule has 0 bridgehead atoms. The number of carbonyl (C=O) groups is 4. The smallest absolute Gasteiger partial charge is 0.370 e. The maximum absolute atomic E-state index is 12.4. The van der Waals surface area contributed by atoms with Crippen molar-refractivity contribution in [3.63, 3.8) is 0 Å². The zero-order chi connectivity index (χ0) is 28.1. The number of allylic oxidation sites excluding steroid dienone is 3. The summed E-state index contributed by atoms with van der Waals surface area (Å²) in [6.45, 7) is 11.3. The number of hydrogen-bond donors (Lipinski definition) is 1. The lowest BCUT2D eigenvalue weighted by molar-refractivity contribution is -0.756. The van der Waals surface area contributed by atoms with Gasteiger partial charge >= 0.3 is 11.3 Å². The van der Waals surface area contributed by atoms with E-state index in [1.165, 1.54) is 0 Å². The van der Waals surface area contributed by atoms with Crippen LogP contribution in [0, 0.1) is 16.0 Å². The van der Waals surface area contributed by atoms with Gasteiger partial charge in [0, 0.05) is 29.8 Å². The number of ether oxygens (including phenoxy) is 2. The van der Waals surface area contributed by atoms with Crippen LogP contribution in [0.2, 0.25) is 0 Å². The Morgan fingerprint density at radius 1 is 1.22 bits per heavy atom. The number of likely N-dealkylation sites (tertiary alicyclic amines) is 1. The second-order valence-corrected chi connectivity index (χ2v) is 8.60. The second-order valence-electron chi connectivity index (χ2n) is 7.64. The summed E-state index contributed by atoms with van der Waals surface area (Å²) in [6.07, 6.45) is 6.51. The Labute approximate surface area is 216 Å². The summed E-state index contributed by atoms with van der Waals surface area (Å²) in [6, 6.07) is 0.267. The van der Waals surface area contributed by atoms with Gasteiger partial charge in [-0.15, -0.1) is 10.1 Å². The highest BCUT2D eigenvalue weighted by Crippen LogP contribution is 2.21. The van der Waals surface area contributed by atoms with Crippen molar-refractivity contribution < 1.29 is 43.7 Å². The van der Waals surface area contributed by atoms with Crippen LogP contribution in [-0.4, -0.2) is 70.5 Å². The Bertz CT molecular complexity index is 770. The Balaban J connectivity index is 0.